The molecule has 1 rings (SSSR count). The molecule has 1 aliphatic rings. The Balaban J connectivity index is 2.37. The molecule has 0 amide bonds. The van der Waals surface area contributed by atoms with Crippen molar-refractivity contribution in [2.75, 3.05) is 20.3 Å². The minimum atomic E-state index is -1.05. The van der Waals surface area contributed by atoms with Crippen molar-refractivity contribution in [2.24, 2.45) is 5.92 Å². The normalized spacial score (nSPS) is 29.5. The van der Waals surface area contributed by atoms with Crippen molar-refractivity contribution in [2.45, 2.75) is 38.5 Å². The molecule has 1 fully saturated rings. The molecule has 1 heterocycles. The topological polar surface area (TPSA) is 67.8 Å². The van der Waals surface area contributed by atoms with E-state index in [2.05, 4.69) is 10.1 Å². The second-order valence-electron chi connectivity index (χ2n) is 4.48. The van der Waals surface area contributed by atoms with Crippen molar-refractivity contribution in [1.82, 2.24) is 5.32 Å². The average Bonchev–Trinajstić information content (AvgIpc) is 2.27. The van der Waals surface area contributed by atoms with E-state index in [0.717, 1.165) is 0 Å². The number of aliphatic hydroxyl groups excluding tert-OH is 1. The number of hydrogen-bond acceptors (Lipinski definition) is 5. The molecule has 0 aromatic carbocycles. The zero-order chi connectivity index (χ0) is 12.1. The van der Waals surface area contributed by atoms with E-state index in [4.69, 9.17) is 4.74 Å². The first-order valence-electron chi connectivity index (χ1n) is 5.64. The van der Waals surface area contributed by atoms with Gasteiger partial charge in [0.15, 0.2) is 6.10 Å². The molecule has 4 atom stereocenters. The van der Waals surface area contributed by atoms with Crippen molar-refractivity contribution < 1.29 is 19.4 Å². The van der Waals surface area contributed by atoms with Crippen LogP contribution in [0.15, 0.2) is 0 Å². The van der Waals surface area contributed by atoms with E-state index in [0.29, 0.717) is 25.7 Å². The molecule has 5 heteroatoms. The summed E-state index contributed by atoms with van der Waals surface area (Å²) >= 11 is 0. The first-order valence-corrected chi connectivity index (χ1v) is 5.64. The number of ether oxygens (including phenoxy) is 2. The Kier molecular flexibility index (Phi) is 5.18. The lowest BCUT2D eigenvalue weighted by Gasteiger charge is -2.31. The van der Waals surface area contributed by atoms with Gasteiger partial charge in [0.05, 0.1) is 20.3 Å². The molecule has 0 bridgehead atoms. The molecule has 0 saturated carbocycles. The predicted molar refractivity (Wildman–Crippen MR) is 59.0 cm³/mol. The van der Waals surface area contributed by atoms with Crippen LogP contribution in [0, 0.1) is 5.92 Å². The Hall–Kier alpha value is -0.650. The minimum Gasteiger partial charge on any atom is -0.467 e. The van der Waals surface area contributed by atoms with Crippen LogP contribution in [0.3, 0.4) is 0 Å². The second kappa shape index (κ2) is 6.18. The van der Waals surface area contributed by atoms with Crippen molar-refractivity contribution in [3.8, 4) is 0 Å². The number of aliphatic hydroxyl groups is 1. The van der Waals surface area contributed by atoms with Gasteiger partial charge in [0.25, 0.3) is 0 Å². The summed E-state index contributed by atoms with van der Waals surface area (Å²) in [6.07, 6.45) is -0.357. The number of morpholine rings is 1. The third kappa shape index (κ3) is 3.73. The van der Waals surface area contributed by atoms with Crippen molar-refractivity contribution >= 4 is 5.97 Å². The Morgan fingerprint density at radius 2 is 2.31 bits per heavy atom. The van der Waals surface area contributed by atoms with Gasteiger partial charge in [-0.3, -0.25) is 0 Å². The molecule has 1 saturated heterocycles. The number of nitrogens with one attached hydrogen (secondary N) is 1. The van der Waals surface area contributed by atoms with Crippen LogP contribution in [0.1, 0.15) is 20.3 Å². The van der Waals surface area contributed by atoms with Gasteiger partial charge in [-0.25, -0.2) is 4.79 Å². The van der Waals surface area contributed by atoms with Gasteiger partial charge in [-0.1, -0.05) is 6.92 Å². The van der Waals surface area contributed by atoms with Gasteiger partial charge >= 0.3 is 5.97 Å². The number of methoxy groups -OCH3 is 1. The molecular formula is C11H21NO4. The maximum atomic E-state index is 11.1. The number of carbonyl (C=O) groups excluding carboxylic acids is 1. The van der Waals surface area contributed by atoms with Crippen LogP contribution in [-0.2, 0) is 14.3 Å². The second-order valence-corrected chi connectivity index (χ2v) is 4.48. The number of hydrogen-bond donors (Lipinski definition) is 2. The van der Waals surface area contributed by atoms with E-state index in [-0.39, 0.29) is 12.0 Å². The smallest absolute Gasteiger partial charge is 0.334 e. The van der Waals surface area contributed by atoms with E-state index in [9.17, 15) is 9.90 Å². The van der Waals surface area contributed by atoms with Gasteiger partial charge in [-0.2, -0.15) is 0 Å². The summed E-state index contributed by atoms with van der Waals surface area (Å²) < 4.78 is 9.90. The molecule has 0 radical (unpaired) electrons. The third-order valence-corrected chi connectivity index (χ3v) is 2.85. The standard InChI is InChI=1S/C11H21NO4/c1-7(10(13)11(14)15-3)4-9-6-16-5-8(2)12-9/h7-10,12-13H,4-6H2,1-3H3. The van der Waals surface area contributed by atoms with Crippen molar-refractivity contribution in [3.05, 3.63) is 0 Å². The zero-order valence-corrected chi connectivity index (χ0v) is 10.1. The maximum Gasteiger partial charge on any atom is 0.334 e. The fourth-order valence-corrected chi connectivity index (χ4v) is 1.95. The summed E-state index contributed by atoms with van der Waals surface area (Å²) in [5, 5.41) is 13.0. The van der Waals surface area contributed by atoms with Gasteiger partial charge in [0.2, 0.25) is 0 Å². The lowest BCUT2D eigenvalue weighted by Crippen LogP contribution is -2.49. The molecule has 5 nitrogen and oxygen atoms in total. The largest absolute Gasteiger partial charge is 0.467 e. The highest BCUT2D eigenvalue weighted by molar-refractivity contribution is 5.74. The fourth-order valence-electron chi connectivity index (χ4n) is 1.95. The van der Waals surface area contributed by atoms with Gasteiger partial charge < -0.3 is 19.9 Å². The monoisotopic (exact) mass is 231 g/mol. The molecule has 2 N–H and O–H groups in total. The Bertz CT molecular complexity index is 234. The van der Waals surface area contributed by atoms with Crippen LogP contribution < -0.4 is 5.32 Å². The van der Waals surface area contributed by atoms with Gasteiger partial charge in [-0.15, -0.1) is 0 Å². The van der Waals surface area contributed by atoms with E-state index < -0.39 is 12.1 Å². The van der Waals surface area contributed by atoms with E-state index in [1.165, 1.54) is 7.11 Å². The molecule has 16 heavy (non-hydrogen) atoms. The van der Waals surface area contributed by atoms with Crippen LogP contribution in [0.5, 0.6) is 0 Å². The quantitative estimate of drug-likeness (QED) is 0.663. The van der Waals surface area contributed by atoms with Gasteiger partial charge in [0, 0.05) is 12.1 Å². The van der Waals surface area contributed by atoms with Crippen molar-refractivity contribution in [3.63, 3.8) is 0 Å². The molecule has 0 spiro atoms. The molecule has 0 aromatic rings. The zero-order valence-electron chi connectivity index (χ0n) is 10.1. The molecule has 0 aromatic heterocycles. The number of rotatable bonds is 4. The first-order chi connectivity index (χ1) is 7.54. The number of carbonyl (C=O) groups is 1. The van der Waals surface area contributed by atoms with E-state index in [1.807, 2.05) is 13.8 Å². The highest BCUT2D eigenvalue weighted by Crippen LogP contribution is 2.15. The summed E-state index contributed by atoms with van der Waals surface area (Å²) in [6.45, 7) is 5.23. The molecule has 1 aliphatic heterocycles. The molecule has 94 valence electrons. The summed E-state index contributed by atoms with van der Waals surface area (Å²) in [5.74, 6) is -0.712. The number of esters is 1. The van der Waals surface area contributed by atoms with Gasteiger partial charge in [-0.05, 0) is 19.3 Å². The Morgan fingerprint density at radius 3 is 2.88 bits per heavy atom. The summed E-state index contributed by atoms with van der Waals surface area (Å²) in [5.41, 5.74) is 0. The SMILES string of the molecule is COC(=O)C(O)C(C)CC1COCC(C)N1. The Morgan fingerprint density at radius 1 is 1.62 bits per heavy atom. The van der Waals surface area contributed by atoms with E-state index >= 15 is 0 Å². The fraction of sp³-hybridized carbons (Fsp3) is 0.909. The first kappa shape index (κ1) is 13.4. The van der Waals surface area contributed by atoms with E-state index in [1.54, 1.807) is 0 Å². The van der Waals surface area contributed by atoms with Crippen LogP contribution >= 0.6 is 0 Å². The highest BCUT2D eigenvalue weighted by Gasteiger charge is 2.27. The molecule has 4 unspecified atom stereocenters. The third-order valence-electron chi connectivity index (χ3n) is 2.85. The van der Waals surface area contributed by atoms with Crippen LogP contribution in [-0.4, -0.2) is 49.6 Å². The van der Waals surface area contributed by atoms with Crippen molar-refractivity contribution in [1.29, 1.82) is 0 Å². The Labute approximate surface area is 96.1 Å². The lowest BCUT2D eigenvalue weighted by molar-refractivity contribution is -0.153. The average molecular weight is 231 g/mol. The summed E-state index contributed by atoms with van der Waals surface area (Å²) in [7, 11) is 1.28. The highest BCUT2D eigenvalue weighted by atomic mass is 16.5. The maximum absolute atomic E-state index is 11.1. The van der Waals surface area contributed by atoms with Gasteiger partial charge in [0.1, 0.15) is 0 Å². The van der Waals surface area contributed by atoms with Crippen LogP contribution in [0.2, 0.25) is 0 Å². The van der Waals surface area contributed by atoms with Crippen LogP contribution in [0.25, 0.3) is 0 Å². The van der Waals surface area contributed by atoms with Crippen LogP contribution in [0.4, 0.5) is 0 Å². The molecular weight excluding hydrogens is 210 g/mol. The summed E-state index contributed by atoms with van der Waals surface area (Å²) in [6, 6.07) is 0.513. The lowest BCUT2D eigenvalue weighted by atomic mass is 9.95. The predicted octanol–water partition coefficient (Wildman–Crippen LogP) is -0.0766. The minimum absolute atomic E-state index is 0.140. The summed E-state index contributed by atoms with van der Waals surface area (Å²) in [4.78, 5) is 11.1. The molecule has 0 aliphatic carbocycles.